The summed E-state index contributed by atoms with van der Waals surface area (Å²) in [7, 11) is -3.66. The fraction of sp³-hybridized carbons (Fsp3) is 0.600. The van der Waals surface area contributed by atoms with Crippen LogP contribution in [-0.4, -0.2) is 48.6 Å². The van der Waals surface area contributed by atoms with E-state index >= 15 is 0 Å². The molecule has 1 heterocycles. The summed E-state index contributed by atoms with van der Waals surface area (Å²) in [5, 5.41) is 13.9. The van der Waals surface area contributed by atoms with E-state index in [4.69, 9.17) is 10.2 Å². The second-order valence-corrected chi connectivity index (χ2v) is 5.98. The normalized spacial score (nSPS) is 21.9. The molecule has 1 aliphatic rings. The molecule has 102 valence electrons. The molecule has 1 amide bonds. The number of aliphatic carboxylic acids is 1. The van der Waals surface area contributed by atoms with Gasteiger partial charge in [-0.15, -0.1) is 6.58 Å². The van der Waals surface area contributed by atoms with Crippen molar-refractivity contribution in [3.63, 3.8) is 0 Å². The largest absolute Gasteiger partial charge is 0.480 e. The van der Waals surface area contributed by atoms with Gasteiger partial charge in [0.25, 0.3) is 0 Å². The topological polar surface area (TPSA) is 118 Å². The molecule has 7 nitrogen and oxygen atoms in total. The number of nitrogens with zero attached hydrogens (tertiary/aromatic N) is 1. The molecule has 0 aromatic rings. The van der Waals surface area contributed by atoms with Crippen LogP contribution in [0.3, 0.4) is 0 Å². The summed E-state index contributed by atoms with van der Waals surface area (Å²) >= 11 is 0. The van der Waals surface area contributed by atoms with E-state index in [0.29, 0.717) is 0 Å². The Bertz CT molecular complexity index is 459. The van der Waals surface area contributed by atoms with Crippen LogP contribution < -0.4 is 5.14 Å². The summed E-state index contributed by atoms with van der Waals surface area (Å²) in [4.78, 5) is 23.9. The molecule has 0 bridgehead atoms. The molecule has 0 aliphatic carbocycles. The first kappa shape index (κ1) is 14.7. The summed E-state index contributed by atoms with van der Waals surface area (Å²) in [6.45, 7) is 3.54. The predicted molar refractivity (Wildman–Crippen MR) is 64.0 cm³/mol. The molecule has 1 unspecified atom stereocenters. The average Bonchev–Trinajstić information content (AvgIpc) is 2.52. The molecular weight excluding hydrogens is 260 g/mol. The number of hydrogen-bond donors (Lipinski definition) is 2. The SMILES string of the molecule is C=CC[C@@H](C(=O)O)N1CC(CS(N)(=O)=O)CC1=O. The third-order valence-corrected chi connectivity index (χ3v) is 3.69. The minimum atomic E-state index is -3.66. The number of sulfonamides is 1. The van der Waals surface area contributed by atoms with Crippen molar-refractivity contribution in [2.75, 3.05) is 12.3 Å². The molecule has 0 spiro atoms. The Morgan fingerprint density at radius 1 is 1.67 bits per heavy atom. The highest BCUT2D eigenvalue weighted by molar-refractivity contribution is 7.89. The zero-order chi connectivity index (χ0) is 13.9. The first-order valence-corrected chi connectivity index (χ1v) is 7.09. The fourth-order valence-corrected chi connectivity index (χ4v) is 2.95. The second kappa shape index (κ2) is 5.49. The van der Waals surface area contributed by atoms with Crippen LogP contribution in [0.5, 0.6) is 0 Å². The fourth-order valence-electron chi connectivity index (χ4n) is 2.07. The zero-order valence-corrected chi connectivity index (χ0v) is 10.6. The number of rotatable bonds is 6. The van der Waals surface area contributed by atoms with Gasteiger partial charge < -0.3 is 10.0 Å². The van der Waals surface area contributed by atoms with Gasteiger partial charge in [0.1, 0.15) is 6.04 Å². The van der Waals surface area contributed by atoms with Gasteiger partial charge >= 0.3 is 5.97 Å². The van der Waals surface area contributed by atoms with Gasteiger partial charge in [-0.1, -0.05) is 6.08 Å². The number of likely N-dealkylation sites (tertiary alicyclic amines) is 1. The van der Waals surface area contributed by atoms with E-state index in [9.17, 15) is 18.0 Å². The van der Waals surface area contributed by atoms with Crippen molar-refractivity contribution in [1.29, 1.82) is 0 Å². The van der Waals surface area contributed by atoms with E-state index in [1.807, 2.05) is 0 Å². The van der Waals surface area contributed by atoms with Gasteiger partial charge in [0.2, 0.25) is 15.9 Å². The molecule has 3 N–H and O–H groups in total. The number of hydrogen-bond acceptors (Lipinski definition) is 4. The van der Waals surface area contributed by atoms with Crippen LogP contribution in [0.4, 0.5) is 0 Å². The van der Waals surface area contributed by atoms with Gasteiger partial charge in [-0.3, -0.25) is 4.79 Å². The smallest absolute Gasteiger partial charge is 0.326 e. The number of carboxylic acid groups (broad SMARTS) is 1. The standard InChI is InChI=1S/C10H16N2O5S/c1-2-3-8(10(14)15)12-5-7(4-9(12)13)6-18(11,16)17/h2,7-8H,1,3-6H2,(H,14,15)(H2,11,16,17)/t7?,8-/m0/s1. The van der Waals surface area contributed by atoms with Crippen LogP contribution in [0.15, 0.2) is 12.7 Å². The molecule has 1 rings (SSSR count). The molecule has 18 heavy (non-hydrogen) atoms. The van der Waals surface area contributed by atoms with Crippen molar-refractivity contribution >= 4 is 21.9 Å². The summed E-state index contributed by atoms with van der Waals surface area (Å²) in [5.41, 5.74) is 0. The number of carbonyl (C=O) groups excluding carboxylic acids is 1. The van der Waals surface area contributed by atoms with E-state index < -0.39 is 28.0 Å². The van der Waals surface area contributed by atoms with Gasteiger partial charge in [0, 0.05) is 18.9 Å². The molecule has 8 heteroatoms. The molecule has 1 aliphatic heterocycles. The summed E-state index contributed by atoms with van der Waals surface area (Å²) < 4.78 is 21.9. The molecule has 0 radical (unpaired) electrons. The van der Waals surface area contributed by atoms with Gasteiger partial charge in [0.05, 0.1) is 5.75 Å². The van der Waals surface area contributed by atoms with E-state index in [-0.39, 0.29) is 31.0 Å². The van der Waals surface area contributed by atoms with Gasteiger partial charge in [0.15, 0.2) is 0 Å². The summed E-state index contributed by atoms with van der Waals surface area (Å²) in [6.07, 6.45) is 1.56. The quantitative estimate of drug-likeness (QED) is 0.613. The number of carbonyl (C=O) groups is 2. The molecule has 0 aromatic heterocycles. The summed E-state index contributed by atoms with van der Waals surface area (Å²) in [5.74, 6) is -2.24. The lowest BCUT2D eigenvalue weighted by molar-refractivity contribution is -0.148. The zero-order valence-electron chi connectivity index (χ0n) is 9.78. The lowest BCUT2D eigenvalue weighted by Crippen LogP contribution is -2.42. The predicted octanol–water partition coefficient (Wildman–Crippen LogP) is -0.847. The van der Waals surface area contributed by atoms with Crippen molar-refractivity contribution in [3.8, 4) is 0 Å². The first-order valence-electron chi connectivity index (χ1n) is 5.38. The third kappa shape index (κ3) is 3.81. The molecule has 1 saturated heterocycles. The number of primary sulfonamides is 1. The van der Waals surface area contributed by atoms with Crippen molar-refractivity contribution in [3.05, 3.63) is 12.7 Å². The minimum Gasteiger partial charge on any atom is -0.480 e. The van der Waals surface area contributed by atoms with Crippen LogP contribution in [-0.2, 0) is 19.6 Å². The maximum atomic E-state index is 11.7. The molecule has 2 atom stereocenters. The van der Waals surface area contributed by atoms with Crippen LogP contribution in [0.2, 0.25) is 0 Å². The highest BCUT2D eigenvalue weighted by Gasteiger charge is 2.38. The van der Waals surface area contributed by atoms with Gasteiger partial charge in [-0.2, -0.15) is 0 Å². The Morgan fingerprint density at radius 2 is 2.28 bits per heavy atom. The van der Waals surface area contributed by atoms with E-state index in [1.165, 1.54) is 11.0 Å². The Hall–Kier alpha value is -1.41. The van der Waals surface area contributed by atoms with E-state index in [2.05, 4.69) is 6.58 Å². The van der Waals surface area contributed by atoms with Crippen LogP contribution in [0.25, 0.3) is 0 Å². The second-order valence-electron chi connectivity index (χ2n) is 4.32. The average molecular weight is 276 g/mol. The number of nitrogens with two attached hydrogens (primary N) is 1. The van der Waals surface area contributed by atoms with Crippen molar-refractivity contribution in [2.24, 2.45) is 11.1 Å². The molecule has 0 aromatic carbocycles. The van der Waals surface area contributed by atoms with Crippen molar-refractivity contribution in [2.45, 2.75) is 18.9 Å². The maximum absolute atomic E-state index is 11.7. The number of carboxylic acids is 1. The number of amides is 1. The molecule has 1 fully saturated rings. The van der Waals surface area contributed by atoms with Gasteiger partial charge in [-0.25, -0.2) is 18.4 Å². The van der Waals surface area contributed by atoms with E-state index in [0.717, 1.165) is 0 Å². The third-order valence-electron chi connectivity index (χ3n) is 2.76. The van der Waals surface area contributed by atoms with E-state index in [1.54, 1.807) is 0 Å². The van der Waals surface area contributed by atoms with Crippen LogP contribution >= 0.6 is 0 Å². The van der Waals surface area contributed by atoms with Crippen molar-refractivity contribution in [1.82, 2.24) is 4.90 Å². The van der Waals surface area contributed by atoms with Crippen LogP contribution in [0, 0.1) is 5.92 Å². The Morgan fingerprint density at radius 3 is 2.72 bits per heavy atom. The lowest BCUT2D eigenvalue weighted by Gasteiger charge is -2.23. The highest BCUT2D eigenvalue weighted by atomic mass is 32.2. The monoisotopic (exact) mass is 276 g/mol. The lowest BCUT2D eigenvalue weighted by atomic mass is 10.1. The maximum Gasteiger partial charge on any atom is 0.326 e. The molecule has 0 saturated carbocycles. The van der Waals surface area contributed by atoms with Crippen molar-refractivity contribution < 1.29 is 23.1 Å². The Balaban J connectivity index is 2.77. The first-order chi connectivity index (χ1) is 8.24. The summed E-state index contributed by atoms with van der Waals surface area (Å²) in [6, 6.07) is -0.986. The van der Waals surface area contributed by atoms with Crippen LogP contribution in [0.1, 0.15) is 12.8 Å². The Labute approximate surface area is 105 Å². The Kier molecular flexibility index (Phi) is 4.47. The molecular formula is C10H16N2O5S. The minimum absolute atomic E-state index is 0.0113. The highest BCUT2D eigenvalue weighted by Crippen LogP contribution is 2.22. The van der Waals surface area contributed by atoms with Gasteiger partial charge in [-0.05, 0) is 6.42 Å².